The molecule has 0 radical (unpaired) electrons. The molecule has 0 aromatic carbocycles. The maximum atomic E-state index is 15.3. The Labute approximate surface area is 143 Å². The van der Waals surface area contributed by atoms with Gasteiger partial charge in [-0.05, 0) is 5.41 Å². The largest absolute Gasteiger partial charge is 0.394 e. The lowest BCUT2D eigenvalue weighted by molar-refractivity contribution is -0.235. The number of anilines is 1. The molecule has 25 heavy (non-hydrogen) atoms. The fourth-order valence-electron chi connectivity index (χ4n) is 2.65. The van der Waals surface area contributed by atoms with E-state index in [-0.39, 0.29) is 11.1 Å². The topological polar surface area (TPSA) is 126 Å². The van der Waals surface area contributed by atoms with E-state index in [0.29, 0.717) is 17.9 Å². The predicted molar refractivity (Wildman–Crippen MR) is 86.3 cm³/mol. The first kappa shape index (κ1) is 17.9. The molecule has 3 rings (SSSR count). The van der Waals surface area contributed by atoms with Crippen LogP contribution in [0.25, 0.3) is 11.2 Å². The standard InChI is InChI=1S/C15H22FN5O4/c1-14(2,3)5-17-12-9-13(19-6-18-12)21(7-20-9)15(16)11(24)10(23)8(4-22)25-15/h6-8,10-11,22-24H,4-5H2,1-3H3,(H,17,18,19)/t8-,10-,11-,15+/m1/s1. The van der Waals surface area contributed by atoms with E-state index in [1.165, 1.54) is 6.33 Å². The van der Waals surface area contributed by atoms with Crippen LogP contribution < -0.4 is 5.32 Å². The van der Waals surface area contributed by atoms with Gasteiger partial charge in [0, 0.05) is 6.54 Å². The van der Waals surface area contributed by atoms with E-state index in [2.05, 4.69) is 20.3 Å². The number of nitrogens with one attached hydrogen (secondary N) is 1. The van der Waals surface area contributed by atoms with Crippen molar-refractivity contribution in [2.24, 2.45) is 5.41 Å². The molecular weight excluding hydrogens is 333 g/mol. The number of alkyl halides is 1. The minimum absolute atomic E-state index is 0.00956. The van der Waals surface area contributed by atoms with Gasteiger partial charge in [0.25, 0.3) is 0 Å². The Kier molecular flexibility index (Phi) is 4.40. The zero-order chi connectivity index (χ0) is 18.4. The minimum Gasteiger partial charge on any atom is -0.394 e. The molecule has 2 aromatic heterocycles. The zero-order valence-electron chi connectivity index (χ0n) is 14.2. The van der Waals surface area contributed by atoms with Gasteiger partial charge in [0.15, 0.2) is 23.1 Å². The summed E-state index contributed by atoms with van der Waals surface area (Å²) in [6, 6.07) is 0. The van der Waals surface area contributed by atoms with Gasteiger partial charge in [-0.15, -0.1) is 0 Å². The Balaban J connectivity index is 1.99. The van der Waals surface area contributed by atoms with E-state index in [4.69, 9.17) is 9.84 Å². The van der Waals surface area contributed by atoms with Crippen LogP contribution in [-0.2, 0) is 10.7 Å². The minimum atomic E-state index is -2.79. The van der Waals surface area contributed by atoms with Crippen molar-refractivity contribution in [3.8, 4) is 0 Å². The summed E-state index contributed by atoms with van der Waals surface area (Å²) in [6.07, 6.45) is -2.36. The smallest absolute Gasteiger partial charge is 0.325 e. The number of fused-ring (bicyclic) bond motifs is 1. The highest BCUT2D eigenvalue weighted by Gasteiger charge is 2.57. The maximum absolute atomic E-state index is 15.3. The Morgan fingerprint density at radius 2 is 2.04 bits per heavy atom. The molecule has 1 saturated heterocycles. The van der Waals surface area contributed by atoms with Gasteiger partial charge in [0.2, 0.25) is 0 Å². The van der Waals surface area contributed by atoms with Crippen LogP contribution in [0.2, 0.25) is 0 Å². The summed E-state index contributed by atoms with van der Waals surface area (Å²) in [5, 5.41) is 32.2. The lowest BCUT2D eigenvalue weighted by Crippen LogP contribution is -2.41. The van der Waals surface area contributed by atoms with Crippen molar-refractivity contribution in [3.05, 3.63) is 12.7 Å². The van der Waals surface area contributed by atoms with E-state index in [1.807, 2.05) is 20.8 Å². The fourth-order valence-corrected chi connectivity index (χ4v) is 2.65. The highest BCUT2D eigenvalue weighted by Crippen LogP contribution is 2.39. The van der Waals surface area contributed by atoms with Crippen LogP contribution in [0, 0.1) is 5.41 Å². The lowest BCUT2D eigenvalue weighted by Gasteiger charge is -2.24. The Morgan fingerprint density at radius 1 is 1.32 bits per heavy atom. The molecule has 4 N–H and O–H groups in total. The summed E-state index contributed by atoms with van der Waals surface area (Å²) in [7, 11) is 0. The molecule has 0 unspecified atom stereocenters. The van der Waals surface area contributed by atoms with Crippen molar-refractivity contribution in [3.63, 3.8) is 0 Å². The quantitative estimate of drug-likeness (QED) is 0.603. The molecule has 0 bridgehead atoms. The fraction of sp³-hybridized carbons (Fsp3) is 0.667. The second kappa shape index (κ2) is 6.13. The molecule has 0 spiro atoms. The van der Waals surface area contributed by atoms with E-state index < -0.39 is 30.9 Å². The maximum Gasteiger partial charge on any atom is 0.325 e. The van der Waals surface area contributed by atoms with Crippen molar-refractivity contribution >= 4 is 17.0 Å². The molecule has 9 nitrogen and oxygen atoms in total. The summed E-state index contributed by atoms with van der Waals surface area (Å²) in [6.45, 7) is 6.12. The molecule has 0 saturated carbocycles. The Morgan fingerprint density at radius 3 is 2.64 bits per heavy atom. The van der Waals surface area contributed by atoms with Crippen molar-refractivity contribution < 1.29 is 24.4 Å². The van der Waals surface area contributed by atoms with Gasteiger partial charge in [-0.2, -0.15) is 4.39 Å². The van der Waals surface area contributed by atoms with Crippen molar-refractivity contribution in [2.45, 2.75) is 45.1 Å². The summed E-state index contributed by atoms with van der Waals surface area (Å²) in [5.74, 6) is -2.37. The van der Waals surface area contributed by atoms with Gasteiger partial charge in [0.1, 0.15) is 24.9 Å². The van der Waals surface area contributed by atoms with Crippen LogP contribution in [0.5, 0.6) is 0 Å². The molecule has 0 amide bonds. The Hall–Kier alpha value is -1.88. The van der Waals surface area contributed by atoms with Gasteiger partial charge < -0.3 is 25.4 Å². The summed E-state index contributed by atoms with van der Waals surface area (Å²) >= 11 is 0. The first-order valence-electron chi connectivity index (χ1n) is 7.93. The van der Waals surface area contributed by atoms with Crippen LogP contribution in [0.1, 0.15) is 20.8 Å². The monoisotopic (exact) mass is 355 g/mol. The van der Waals surface area contributed by atoms with E-state index >= 15 is 4.39 Å². The number of imidazole rings is 1. The van der Waals surface area contributed by atoms with E-state index in [9.17, 15) is 10.2 Å². The summed E-state index contributed by atoms with van der Waals surface area (Å²) in [5.41, 5.74) is 0.393. The van der Waals surface area contributed by atoms with Crippen LogP contribution in [-0.4, -0.2) is 66.3 Å². The number of halogens is 1. The average molecular weight is 355 g/mol. The molecule has 2 aromatic rings. The van der Waals surface area contributed by atoms with Crippen LogP contribution in [0.15, 0.2) is 12.7 Å². The number of rotatable bonds is 4. The first-order chi connectivity index (χ1) is 11.7. The predicted octanol–water partition coefficient (Wildman–Crippen LogP) is -0.0230. The number of aromatic nitrogens is 4. The number of hydrogen-bond donors (Lipinski definition) is 4. The lowest BCUT2D eigenvalue weighted by atomic mass is 9.97. The molecule has 1 aliphatic heterocycles. The average Bonchev–Trinajstić information content (AvgIpc) is 3.08. The highest BCUT2D eigenvalue weighted by atomic mass is 19.2. The first-order valence-corrected chi connectivity index (χ1v) is 7.93. The number of aliphatic hydroxyl groups is 3. The van der Waals surface area contributed by atoms with E-state index in [0.717, 1.165) is 10.9 Å². The van der Waals surface area contributed by atoms with Crippen LogP contribution in [0.3, 0.4) is 0 Å². The molecule has 0 aliphatic carbocycles. The van der Waals surface area contributed by atoms with Crippen molar-refractivity contribution in [1.82, 2.24) is 19.5 Å². The number of hydrogen-bond acceptors (Lipinski definition) is 8. The van der Waals surface area contributed by atoms with Gasteiger partial charge in [-0.3, -0.25) is 4.57 Å². The van der Waals surface area contributed by atoms with Gasteiger partial charge in [-0.1, -0.05) is 20.8 Å². The molecule has 4 atom stereocenters. The molecular formula is C15H22FN5O4. The van der Waals surface area contributed by atoms with Gasteiger partial charge in [-0.25, -0.2) is 15.0 Å². The van der Waals surface area contributed by atoms with Gasteiger partial charge >= 0.3 is 5.98 Å². The highest BCUT2D eigenvalue weighted by molar-refractivity contribution is 5.82. The Bertz CT molecular complexity index is 764. The van der Waals surface area contributed by atoms with Crippen LogP contribution >= 0.6 is 0 Å². The number of aliphatic hydroxyl groups excluding tert-OH is 3. The SMILES string of the molecule is CC(C)(C)CNc1ncnc2c1ncn2[C@]1(F)O[C@H](CO)[C@@H](O)[C@H]1O. The van der Waals surface area contributed by atoms with Crippen molar-refractivity contribution in [1.29, 1.82) is 0 Å². The summed E-state index contributed by atoms with van der Waals surface area (Å²) in [4.78, 5) is 12.3. The molecule has 1 fully saturated rings. The third-order valence-electron chi connectivity index (χ3n) is 4.01. The van der Waals surface area contributed by atoms with E-state index in [1.54, 1.807) is 0 Å². The molecule has 3 heterocycles. The van der Waals surface area contributed by atoms with Crippen LogP contribution in [0.4, 0.5) is 10.2 Å². The third-order valence-corrected chi connectivity index (χ3v) is 4.01. The van der Waals surface area contributed by atoms with Gasteiger partial charge in [0.05, 0.1) is 6.61 Å². The third kappa shape index (κ3) is 3.06. The molecule has 10 heteroatoms. The second-order valence-corrected chi connectivity index (χ2v) is 7.31. The number of ether oxygens (including phenoxy) is 1. The summed E-state index contributed by atoms with van der Waals surface area (Å²) < 4.78 is 21.2. The molecule has 138 valence electrons. The van der Waals surface area contributed by atoms with Crippen molar-refractivity contribution in [2.75, 3.05) is 18.5 Å². The zero-order valence-corrected chi connectivity index (χ0v) is 14.2. The normalized spacial score (nSPS) is 30.1. The number of nitrogens with zero attached hydrogens (tertiary/aromatic N) is 4. The second-order valence-electron chi connectivity index (χ2n) is 7.31. The molecule has 1 aliphatic rings.